The molecule has 29 heavy (non-hydrogen) atoms. The predicted octanol–water partition coefficient (Wildman–Crippen LogP) is 2.56. The van der Waals surface area contributed by atoms with Crippen LogP contribution in [-0.2, 0) is 27.3 Å². The van der Waals surface area contributed by atoms with Crippen molar-refractivity contribution in [1.82, 2.24) is 5.32 Å². The van der Waals surface area contributed by atoms with E-state index < -0.39 is 5.97 Å². The van der Waals surface area contributed by atoms with Crippen LogP contribution in [0.15, 0.2) is 42.5 Å². The van der Waals surface area contributed by atoms with E-state index >= 15 is 0 Å². The molecule has 0 bridgehead atoms. The highest BCUT2D eigenvalue weighted by Gasteiger charge is 2.10. The number of hydrogen-bond donors (Lipinski definition) is 1. The quantitative estimate of drug-likeness (QED) is 0.618. The Labute approximate surface area is 171 Å². The van der Waals surface area contributed by atoms with Gasteiger partial charge in [-0.25, -0.2) is 0 Å². The Morgan fingerprint density at radius 3 is 2.21 bits per heavy atom. The third kappa shape index (κ3) is 7.03. The first-order valence-corrected chi connectivity index (χ1v) is 9.32. The molecule has 0 unspecified atom stereocenters. The molecule has 0 saturated heterocycles. The van der Waals surface area contributed by atoms with Crippen LogP contribution in [0.2, 0.25) is 0 Å². The zero-order valence-corrected chi connectivity index (χ0v) is 17.4. The van der Waals surface area contributed by atoms with E-state index in [1.165, 1.54) is 0 Å². The maximum absolute atomic E-state index is 11.9. The Bertz CT molecular complexity index is 818. The molecule has 156 valence electrons. The van der Waals surface area contributed by atoms with Crippen LogP contribution in [0.25, 0.3) is 0 Å². The number of carbonyl (C=O) groups is 2. The number of esters is 1. The molecule has 0 aromatic heterocycles. The van der Waals surface area contributed by atoms with Crippen molar-refractivity contribution < 1.29 is 23.8 Å². The minimum atomic E-state index is -0.426. The number of hydrogen-bond acceptors (Lipinski definition) is 6. The second-order valence-electron chi connectivity index (χ2n) is 6.69. The first-order valence-electron chi connectivity index (χ1n) is 9.32. The largest absolute Gasteiger partial charge is 0.493 e. The molecule has 0 fully saturated rings. The summed E-state index contributed by atoms with van der Waals surface area (Å²) in [5.74, 6) is 0.481. The highest BCUT2D eigenvalue weighted by atomic mass is 16.5. The first-order chi connectivity index (χ1) is 13.9. The number of methoxy groups -OCH3 is 2. The summed E-state index contributed by atoms with van der Waals surface area (Å²) in [6.07, 6.45) is 0.661. The summed E-state index contributed by atoms with van der Waals surface area (Å²) in [5.41, 5.74) is 2.98. The van der Waals surface area contributed by atoms with E-state index in [0.29, 0.717) is 24.5 Å². The van der Waals surface area contributed by atoms with Gasteiger partial charge < -0.3 is 24.4 Å². The lowest BCUT2D eigenvalue weighted by molar-refractivity contribution is -0.148. The summed E-state index contributed by atoms with van der Waals surface area (Å²) in [7, 11) is 7.07. The number of rotatable bonds is 10. The van der Waals surface area contributed by atoms with Gasteiger partial charge in [-0.05, 0) is 41.8 Å². The molecule has 7 nitrogen and oxygen atoms in total. The average molecular weight is 400 g/mol. The maximum Gasteiger partial charge on any atom is 0.306 e. The summed E-state index contributed by atoms with van der Waals surface area (Å²) >= 11 is 0. The number of benzene rings is 2. The molecule has 1 amide bonds. The summed E-state index contributed by atoms with van der Waals surface area (Å²) < 4.78 is 15.5. The summed E-state index contributed by atoms with van der Waals surface area (Å²) in [4.78, 5) is 25.8. The fourth-order valence-electron chi connectivity index (χ4n) is 2.66. The minimum absolute atomic E-state index is 0.175. The van der Waals surface area contributed by atoms with Gasteiger partial charge in [0, 0.05) is 32.7 Å². The molecule has 2 aromatic carbocycles. The topological polar surface area (TPSA) is 77.1 Å². The Kier molecular flexibility index (Phi) is 8.33. The molecule has 0 radical (unpaired) electrons. The standard InChI is InChI=1S/C22H28N2O5/c1-24(2)18-9-5-17(6-10-18)14-23-21(25)15-29-22(26)12-8-16-7-11-19(27-3)20(13-16)28-4/h5-7,9-11,13H,8,12,14-15H2,1-4H3,(H,23,25). The number of carbonyl (C=O) groups excluding carboxylic acids is 2. The maximum atomic E-state index is 11.9. The highest BCUT2D eigenvalue weighted by Crippen LogP contribution is 2.27. The van der Waals surface area contributed by atoms with Gasteiger partial charge in [-0.1, -0.05) is 18.2 Å². The Morgan fingerprint density at radius 1 is 0.931 bits per heavy atom. The molecule has 0 atom stereocenters. The van der Waals surface area contributed by atoms with Crippen molar-refractivity contribution in [1.29, 1.82) is 0 Å². The summed E-state index contributed by atoms with van der Waals surface area (Å²) in [5, 5.41) is 2.74. The van der Waals surface area contributed by atoms with E-state index in [1.807, 2.05) is 55.4 Å². The first kappa shape index (κ1) is 22.1. The molecule has 7 heteroatoms. The zero-order valence-electron chi connectivity index (χ0n) is 17.4. The van der Waals surface area contributed by atoms with Gasteiger partial charge in [0.15, 0.2) is 18.1 Å². The third-order valence-corrected chi connectivity index (χ3v) is 4.37. The summed E-state index contributed by atoms with van der Waals surface area (Å²) in [6, 6.07) is 13.3. The molecule has 0 heterocycles. The van der Waals surface area contributed by atoms with Gasteiger partial charge in [0.1, 0.15) is 0 Å². The van der Waals surface area contributed by atoms with E-state index in [4.69, 9.17) is 14.2 Å². The van der Waals surface area contributed by atoms with Crippen molar-refractivity contribution in [2.45, 2.75) is 19.4 Å². The van der Waals surface area contributed by atoms with E-state index in [2.05, 4.69) is 5.32 Å². The van der Waals surface area contributed by atoms with Crippen LogP contribution in [0.1, 0.15) is 17.5 Å². The molecule has 0 aliphatic heterocycles. The zero-order chi connectivity index (χ0) is 21.2. The second kappa shape index (κ2) is 10.9. The molecular formula is C22H28N2O5. The van der Waals surface area contributed by atoms with Crippen molar-refractivity contribution >= 4 is 17.6 Å². The van der Waals surface area contributed by atoms with Gasteiger partial charge in [-0.3, -0.25) is 9.59 Å². The van der Waals surface area contributed by atoms with Crippen molar-refractivity contribution in [3.05, 3.63) is 53.6 Å². The van der Waals surface area contributed by atoms with E-state index in [-0.39, 0.29) is 18.9 Å². The lowest BCUT2D eigenvalue weighted by Gasteiger charge is -2.13. The number of ether oxygens (including phenoxy) is 3. The van der Waals surface area contributed by atoms with Gasteiger partial charge >= 0.3 is 5.97 Å². The Hall–Kier alpha value is -3.22. The minimum Gasteiger partial charge on any atom is -0.493 e. The molecule has 0 aliphatic rings. The molecule has 0 saturated carbocycles. The fraction of sp³-hybridized carbons (Fsp3) is 0.364. The van der Waals surface area contributed by atoms with Gasteiger partial charge in [-0.15, -0.1) is 0 Å². The normalized spacial score (nSPS) is 10.2. The van der Waals surface area contributed by atoms with E-state index in [0.717, 1.165) is 16.8 Å². The fourth-order valence-corrected chi connectivity index (χ4v) is 2.66. The summed E-state index contributed by atoms with van der Waals surface area (Å²) in [6.45, 7) is 0.0935. The van der Waals surface area contributed by atoms with Crippen molar-refractivity contribution in [3.8, 4) is 11.5 Å². The number of aryl methyl sites for hydroxylation is 1. The van der Waals surface area contributed by atoms with Crippen LogP contribution in [0.5, 0.6) is 11.5 Å². The average Bonchev–Trinajstić information content (AvgIpc) is 2.74. The van der Waals surface area contributed by atoms with E-state index in [9.17, 15) is 9.59 Å². The van der Waals surface area contributed by atoms with Gasteiger partial charge in [0.25, 0.3) is 5.91 Å². The number of anilines is 1. The Morgan fingerprint density at radius 2 is 1.59 bits per heavy atom. The molecule has 0 spiro atoms. The van der Waals surface area contributed by atoms with Crippen LogP contribution in [0.3, 0.4) is 0 Å². The second-order valence-corrected chi connectivity index (χ2v) is 6.69. The monoisotopic (exact) mass is 400 g/mol. The molecule has 1 N–H and O–H groups in total. The van der Waals surface area contributed by atoms with Crippen LogP contribution in [-0.4, -0.2) is 46.8 Å². The van der Waals surface area contributed by atoms with Crippen LogP contribution in [0.4, 0.5) is 5.69 Å². The van der Waals surface area contributed by atoms with Crippen LogP contribution < -0.4 is 19.7 Å². The predicted molar refractivity (Wildman–Crippen MR) is 111 cm³/mol. The molecule has 0 aliphatic carbocycles. The van der Waals surface area contributed by atoms with Crippen molar-refractivity contribution in [2.24, 2.45) is 0 Å². The van der Waals surface area contributed by atoms with Crippen molar-refractivity contribution in [2.75, 3.05) is 39.8 Å². The lowest BCUT2D eigenvalue weighted by Crippen LogP contribution is -2.28. The smallest absolute Gasteiger partial charge is 0.306 e. The molecular weight excluding hydrogens is 372 g/mol. The number of amides is 1. The number of nitrogens with one attached hydrogen (secondary N) is 1. The van der Waals surface area contributed by atoms with Gasteiger partial charge in [0.05, 0.1) is 14.2 Å². The van der Waals surface area contributed by atoms with Crippen LogP contribution >= 0.6 is 0 Å². The molecule has 2 rings (SSSR count). The SMILES string of the molecule is COc1ccc(CCC(=O)OCC(=O)NCc2ccc(N(C)C)cc2)cc1OC. The van der Waals surface area contributed by atoms with E-state index in [1.54, 1.807) is 20.3 Å². The van der Waals surface area contributed by atoms with Crippen LogP contribution in [0, 0.1) is 0 Å². The third-order valence-electron chi connectivity index (χ3n) is 4.37. The Balaban J connectivity index is 1.71. The van der Waals surface area contributed by atoms with Gasteiger partial charge in [0.2, 0.25) is 0 Å². The lowest BCUT2D eigenvalue weighted by atomic mass is 10.1. The molecule has 2 aromatic rings. The van der Waals surface area contributed by atoms with Crippen molar-refractivity contribution in [3.63, 3.8) is 0 Å². The number of nitrogens with zero attached hydrogens (tertiary/aromatic N) is 1. The highest BCUT2D eigenvalue weighted by molar-refractivity contribution is 5.80. The van der Waals surface area contributed by atoms with Gasteiger partial charge in [-0.2, -0.15) is 0 Å².